The van der Waals surface area contributed by atoms with Crippen LogP contribution in [0.25, 0.3) is 0 Å². The molecule has 4 nitrogen and oxygen atoms in total. The van der Waals surface area contributed by atoms with E-state index in [9.17, 15) is 8.42 Å². The van der Waals surface area contributed by atoms with Crippen LogP contribution in [-0.4, -0.2) is 31.1 Å². The molecule has 1 aromatic carbocycles. The van der Waals surface area contributed by atoms with Crippen molar-refractivity contribution in [2.75, 3.05) is 16.8 Å². The number of hydrogen-bond donors (Lipinski definition) is 2. The second-order valence-corrected chi connectivity index (χ2v) is 7.21. The Bertz CT molecular complexity index is 530. The van der Waals surface area contributed by atoms with Crippen LogP contribution >= 0.6 is 11.6 Å². The van der Waals surface area contributed by atoms with Gasteiger partial charge in [-0.1, -0.05) is 17.7 Å². The van der Waals surface area contributed by atoms with E-state index in [1.807, 2.05) is 0 Å². The van der Waals surface area contributed by atoms with Crippen LogP contribution in [0.2, 0.25) is 5.02 Å². The highest BCUT2D eigenvalue weighted by Crippen LogP contribution is 2.26. The van der Waals surface area contributed by atoms with Crippen molar-refractivity contribution in [3.05, 3.63) is 28.8 Å². The van der Waals surface area contributed by atoms with Gasteiger partial charge in [-0.2, -0.15) is 0 Å². The quantitative estimate of drug-likeness (QED) is 0.891. The van der Waals surface area contributed by atoms with Gasteiger partial charge in [0, 0.05) is 6.04 Å². The maximum Gasteiger partial charge on any atom is 0.152 e. The first-order valence-electron chi connectivity index (χ1n) is 5.86. The predicted octanol–water partition coefficient (Wildman–Crippen LogP) is 1.82. The Balaban J connectivity index is 2.13. The van der Waals surface area contributed by atoms with E-state index in [0.29, 0.717) is 17.1 Å². The summed E-state index contributed by atoms with van der Waals surface area (Å²) in [6.07, 6.45) is 1.50. The molecule has 2 rings (SSSR count). The Morgan fingerprint density at radius 2 is 2.22 bits per heavy atom. The van der Waals surface area contributed by atoms with Crippen molar-refractivity contribution < 1.29 is 13.5 Å². The molecular formula is C12H16ClNO3S. The Labute approximate surface area is 112 Å². The highest BCUT2D eigenvalue weighted by molar-refractivity contribution is 7.91. The second kappa shape index (κ2) is 5.47. The topological polar surface area (TPSA) is 66.4 Å². The van der Waals surface area contributed by atoms with E-state index < -0.39 is 9.84 Å². The van der Waals surface area contributed by atoms with Crippen LogP contribution in [-0.2, 0) is 16.4 Å². The van der Waals surface area contributed by atoms with Gasteiger partial charge in [-0.15, -0.1) is 0 Å². The second-order valence-electron chi connectivity index (χ2n) is 4.57. The van der Waals surface area contributed by atoms with Crippen molar-refractivity contribution in [1.29, 1.82) is 0 Å². The van der Waals surface area contributed by atoms with Gasteiger partial charge >= 0.3 is 0 Å². The average Bonchev–Trinajstić information content (AvgIpc) is 2.31. The maximum atomic E-state index is 11.5. The molecule has 6 heteroatoms. The number of aliphatic hydroxyl groups is 1. The Hall–Kier alpha value is -0.780. The number of nitrogens with one attached hydrogen (secondary N) is 1. The molecule has 1 fully saturated rings. The van der Waals surface area contributed by atoms with Crippen LogP contribution in [0.1, 0.15) is 18.4 Å². The van der Waals surface area contributed by atoms with E-state index in [1.165, 1.54) is 0 Å². The fraction of sp³-hybridized carbons (Fsp3) is 0.500. The lowest BCUT2D eigenvalue weighted by Gasteiger charge is -2.24. The van der Waals surface area contributed by atoms with Crippen molar-refractivity contribution in [2.24, 2.45) is 0 Å². The molecule has 0 bridgehead atoms. The van der Waals surface area contributed by atoms with E-state index in [1.54, 1.807) is 18.2 Å². The maximum absolute atomic E-state index is 11.5. The third kappa shape index (κ3) is 3.37. The van der Waals surface area contributed by atoms with Crippen molar-refractivity contribution in [3.8, 4) is 0 Å². The van der Waals surface area contributed by atoms with Crippen LogP contribution in [0.4, 0.5) is 5.69 Å². The molecule has 1 aliphatic heterocycles. The third-order valence-electron chi connectivity index (χ3n) is 3.04. The number of halogens is 1. The summed E-state index contributed by atoms with van der Waals surface area (Å²) >= 11 is 6.05. The lowest BCUT2D eigenvalue weighted by molar-refractivity contribution is 0.282. The molecule has 0 radical (unpaired) electrons. The van der Waals surface area contributed by atoms with E-state index in [2.05, 4.69) is 5.32 Å². The predicted molar refractivity (Wildman–Crippen MR) is 72.7 cm³/mol. The first kappa shape index (κ1) is 13.6. The summed E-state index contributed by atoms with van der Waals surface area (Å²) in [5.41, 5.74) is 1.44. The molecule has 1 aliphatic rings. The summed E-state index contributed by atoms with van der Waals surface area (Å²) in [4.78, 5) is 0. The molecule has 0 aromatic heterocycles. The fourth-order valence-electron chi connectivity index (χ4n) is 2.14. The Kier molecular flexibility index (Phi) is 4.14. The van der Waals surface area contributed by atoms with Crippen molar-refractivity contribution >= 4 is 27.1 Å². The minimum absolute atomic E-state index is 0.0607. The lowest BCUT2D eigenvalue weighted by atomic mass is 10.1. The van der Waals surface area contributed by atoms with Crippen molar-refractivity contribution in [2.45, 2.75) is 25.5 Å². The molecule has 0 amide bonds. The zero-order chi connectivity index (χ0) is 13.2. The number of rotatable bonds is 3. The summed E-state index contributed by atoms with van der Waals surface area (Å²) in [5, 5.41) is 12.8. The van der Waals surface area contributed by atoms with E-state index >= 15 is 0 Å². The summed E-state index contributed by atoms with van der Waals surface area (Å²) in [6, 6.07) is 5.09. The summed E-state index contributed by atoms with van der Waals surface area (Å²) in [6.45, 7) is -0.0607. The average molecular weight is 290 g/mol. The van der Waals surface area contributed by atoms with Gasteiger partial charge < -0.3 is 10.4 Å². The number of anilines is 1. The molecule has 0 aliphatic carbocycles. The summed E-state index contributed by atoms with van der Waals surface area (Å²) < 4.78 is 23.1. The van der Waals surface area contributed by atoms with Gasteiger partial charge in [0.1, 0.15) is 0 Å². The minimum atomic E-state index is -2.94. The highest BCUT2D eigenvalue weighted by atomic mass is 35.5. The van der Waals surface area contributed by atoms with Gasteiger partial charge in [0.15, 0.2) is 9.84 Å². The molecule has 1 aromatic rings. The highest BCUT2D eigenvalue weighted by Gasteiger charge is 2.24. The molecular weight excluding hydrogens is 274 g/mol. The molecule has 100 valence electrons. The SMILES string of the molecule is O=S1(=O)CCCC(Nc2cc(CO)ccc2Cl)C1. The van der Waals surface area contributed by atoms with Gasteiger partial charge in [-0.05, 0) is 30.5 Å². The monoisotopic (exact) mass is 289 g/mol. The first-order valence-corrected chi connectivity index (χ1v) is 8.06. The van der Waals surface area contributed by atoms with Crippen LogP contribution in [0, 0.1) is 0 Å². The van der Waals surface area contributed by atoms with Crippen LogP contribution in [0.3, 0.4) is 0 Å². The van der Waals surface area contributed by atoms with E-state index in [4.69, 9.17) is 16.7 Å². The molecule has 0 spiro atoms. The van der Waals surface area contributed by atoms with Gasteiger partial charge in [-0.25, -0.2) is 8.42 Å². The minimum Gasteiger partial charge on any atom is -0.392 e. The molecule has 1 atom stereocenters. The third-order valence-corrected chi connectivity index (χ3v) is 5.19. The number of aliphatic hydroxyl groups excluding tert-OH is 1. The largest absolute Gasteiger partial charge is 0.392 e. The Morgan fingerprint density at radius 3 is 2.89 bits per heavy atom. The van der Waals surface area contributed by atoms with Crippen LogP contribution < -0.4 is 5.32 Å². The van der Waals surface area contributed by atoms with Crippen molar-refractivity contribution in [3.63, 3.8) is 0 Å². The lowest BCUT2D eigenvalue weighted by Crippen LogP contribution is -2.34. The summed E-state index contributed by atoms with van der Waals surface area (Å²) in [7, 11) is -2.94. The number of sulfone groups is 1. The molecule has 18 heavy (non-hydrogen) atoms. The normalized spacial score (nSPS) is 22.7. The molecule has 1 unspecified atom stereocenters. The number of benzene rings is 1. The van der Waals surface area contributed by atoms with Gasteiger partial charge in [0.2, 0.25) is 0 Å². The smallest absolute Gasteiger partial charge is 0.152 e. The van der Waals surface area contributed by atoms with Crippen LogP contribution in [0.5, 0.6) is 0 Å². The zero-order valence-corrected chi connectivity index (χ0v) is 11.5. The fourth-order valence-corrected chi connectivity index (χ4v) is 3.95. The molecule has 0 saturated carbocycles. The van der Waals surface area contributed by atoms with Gasteiger partial charge in [0.25, 0.3) is 0 Å². The van der Waals surface area contributed by atoms with Gasteiger partial charge in [-0.3, -0.25) is 0 Å². The van der Waals surface area contributed by atoms with Crippen molar-refractivity contribution in [1.82, 2.24) is 0 Å². The van der Waals surface area contributed by atoms with Crippen LogP contribution in [0.15, 0.2) is 18.2 Å². The zero-order valence-electron chi connectivity index (χ0n) is 9.89. The molecule has 2 N–H and O–H groups in total. The van der Waals surface area contributed by atoms with Gasteiger partial charge in [0.05, 0.1) is 28.8 Å². The standard InChI is InChI=1S/C12H16ClNO3S/c13-11-4-3-9(7-15)6-12(11)14-10-2-1-5-18(16,17)8-10/h3-4,6,10,14-15H,1-2,5,7-8H2. The summed E-state index contributed by atoms with van der Waals surface area (Å²) in [5.74, 6) is 0.419. The molecule has 1 heterocycles. The van der Waals surface area contributed by atoms with E-state index in [0.717, 1.165) is 12.0 Å². The number of hydrogen-bond acceptors (Lipinski definition) is 4. The Morgan fingerprint density at radius 1 is 1.44 bits per heavy atom. The first-order chi connectivity index (χ1) is 8.50. The van der Waals surface area contributed by atoms with E-state index in [-0.39, 0.29) is 24.2 Å². The molecule has 1 saturated heterocycles.